The van der Waals surface area contributed by atoms with E-state index in [1.165, 1.54) is 0 Å². The molecule has 2 heterocycles. The summed E-state index contributed by atoms with van der Waals surface area (Å²) in [7, 11) is -3.03. The van der Waals surface area contributed by atoms with E-state index in [0.717, 1.165) is 33.7 Å². The summed E-state index contributed by atoms with van der Waals surface area (Å²) >= 11 is 0. The Bertz CT molecular complexity index is 1100. The Kier molecular flexibility index (Phi) is 4.68. The summed E-state index contributed by atoms with van der Waals surface area (Å²) in [6.45, 7) is 2.58. The monoisotopic (exact) mass is 385 g/mol. The van der Waals surface area contributed by atoms with Crippen molar-refractivity contribution >= 4 is 37.5 Å². The smallest absolute Gasteiger partial charge is 0.227 e. The molecule has 2 aromatic carbocycles. The second kappa shape index (κ2) is 7.00. The molecule has 0 bridgehead atoms. The van der Waals surface area contributed by atoms with Crippen LogP contribution in [-0.4, -0.2) is 43.3 Å². The summed E-state index contributed by atoms with van der Waals surface area (Å²) in [5.41, 5.74) is 1.62. The molecule has 1 aliphatic rings. The van der Waals surface area contributed by atoms with E-state index in [2.05, 4.69) is 0 Å². The third-order valence-electron chi connectivity index (χ3n) is 5.32. The van der Waals surface area contributed by atoms with Gasteiger partial charge in [0.25, 0.3) is 0 Å². The molecule has 4 rings (SSSR count). The summed E-state index contributed by atoms with van der Waals surface area (Å²) in [6.07, 6.45) is 3.21. The van der Waals surface area contributed by atoms with Gasteiger partial charge in [-0.05, 0) is 29.7 Å². The first kappa shape index (κ1) is 18.0. The fourth-order valence-electron chi connectivity index (χ4n) is 4.04. The second-order valence-electron chi connectivity index (χ2n) is 7.24. The molecule has 1 aromatic heterocycles. The molecule has 0 unspecified atom stereocenters. The number of carbonyl (C=O) groups is 1. The number of nitrogens with zero attached hydrogens (tertiary/aromatic N) is 1. The Hall–Kier alpha value is -2.34. The maximum atomic E-state index is 13.1. The predicted molar refractivity (Wildman–Crippen MR) is 106 cm³/mol. The van der Waals surface area contributed by atoms with Crippen molar-refractivity contribution in [3.8, 4) is 0 Å². The molecule has 1 saturated heterocycles. The summed E-state index contributed by atoms with van der Waals surface area (Å²) in [4.78, 5) is 14.8. The quantitative estimate of drug-likeness (QED) is 0.674. The van der Waals surface area contributed by atoms with Gasteiger partial charge < -0.3 is 9.32 Å². The Morgan fingerprint density at radius 3 is 2.78 bits per heavy atom. The fraction of sp³-hybridized carbons (Fsp3) is 0.381. The largest absolute Gasteiger partial charge is 0.464 e. The van der Waals surface area contributed by atoms with Crippen molar-refractivity contribution in [3.63, 3.8) is 0 Å². The van der Waals surface area contributed by atoms with Crippen molar-refractivity contribution in [1.29, 1.82) is 0 Å². The van der Waals surface area contributed by atoms with Crippen LogP contribution in [-0.2, 0) is 21.1 Å². The van der Waals surface area contributed by atoms with E-state index in [4.69, 9.17) is 4.42 Å². The third kappa shape index (κ3) is 3.46. The highest BCUT2D eigenvalue weighted by atomic mass is 32.2. The molecule has 1 aliphatic heterocycles. The van der Waals surface area contributed by atoms with Crippen LogP contribution in [0.3, 0.4) is 0 Å². The topological polar surface area (TPSA) is 67.6 Å². The van der Waals surface area contributed by atoms with Crippen LogP contribution in [0.5, 0.6) is 0 Å². The van der Waals surface area contributed by atoms with Crippen molar-refractivity contribution in [2.75, 3.05) is 18.1 Å². The normalized spacial score (nSPS) is 18.9. The second-order valence-corrected chi connectivity index (χ2v) is 9.47. The molecule has 5 nitrogen and oxygen atoms in total. The fourth-order valence-corrected chi connectivity index (χ4v) is 5.77. The van der Waals surface area contributed by atoms with Gasteiger partial charge in [0.05, 0.1) is 24.2 Å². The molecule has 1 fully saturated rings. The standard InChI is InChI=1S/C21H23NO4S/c1-2-10-22(17-9-11-27(24,25)14-17)20(23)12-16-13-26-19-8-7-15-5-3-4-6-18(15)21(16)19/h3-8,13,17H,2,9-12,14H2,1H3/t17-/m1/s1. The Morgan fingerprint density at radius 2 is 2.04 bits per heavy atom. The number of hydrogen-bond acceptors (Lipinski definition) is 4. The first-order valence-electron chi connectivity index (χ1n) is 9.36. The van der Waals surface area contributed by atoms with E-state index in [9.17, 15) is 13.2 Å². The lowest BCUT2D eigenvalue weighted by Crippen LogP contribution is -2.42. The van der Waals surface area contributed by atoms with Crippen molar-refractivity contribution in [2.45, 2.75) is 32.2 Å². The van der Waals surface area contributed by atoms with Gasteiger partial charge in [0.15, 0.2) is 9.84 Å². The highest BCUT2D eigenvalue weighted by Gasteiger charge is 2.34. The molecule has 0 aliphatic carbocycles. The number of amides is 1. The van der Waals surface area contributed by atoms with Crippen LogP contribution >= 0.6 is 0 Å². The van der Waals surface area contributed by atoms with Crippen molar-refractivity contribution in [1.82, 2.24) is 4.90 Å². The molecular weight excluding hydrogens is 362 g/mol. The predicted octanol–water partition coefficient (Wildman–Crippen LogP) is 3.55. The Labute approximate surface area is 158 Å². The van der Waals surface area contributed by atoms with Gasteiger partial charge in [0.1, 0.15) is 5.58 Å². The highest BCUT2D eigenvalue weighted by molar-refractivity contribution is 7.91. The molecule has 0 radical (unpaired) electrons. The molecule has 6 heteroatoms. The van der Waals surface area contributed by atoms with Crippen LogP contribution in [0.1, 0.15) is 25.3 Å². The van der Waals surface area contributed by atoms with Crippen molar-refractivity contribution < 1.29 is 17.6 Å². The summed E-state index contributed by atoms with van der Waals surface area (Å²) in [5.74, 6) is 0.215. The van der Waals surface area contributed by atoms with Gasteiger partial charge in [-0.25, -0.2) is 8.42 Å². The van der Waals surface area contributed by atoms with Crippen molar-refractivity contribution in [3.05, 3.63) is 48.2 Å². The molecule has 1 atom stereocenters. The van der Waals surface area contributed by atoms with Gasteiger partial charge in [0.2, 0.25) is 5.91 Å². The van der Waals surface area contributed by atoms with Crippen LogP contribution < -0.4 is 0 Å². The van der Waals surface area contributed by atoms with Gasteiger partial charge >= 0.3 is 0 Å². The lowest BCUT2D eigenvalue weighted by molar-refractivity contribution is -0.132. The lowest BCUT2D eigenvalue weighted by Gasteiger charge is -2.28. The van der Waals surface area contributed by atoms with Gasteiger partial charge in [-0.1, -0.05) is 37.3 Å². The molecule has 3 aromatic rings. The number of carbonyl (C=O) groups excluding carboxylic acids is 1. The first-order valence-corrected chi connectivity index (χ1v) is 11.2. The van der Waals surface area contributed by atoms with E-state index >= 15 is 0 Å². The van der Waals surface area contributed by atoms with Gasteiger partial charge in [-0.3, -0.25) is 4.79 Å². The van der Waals surface area contributed by atoms with Crippen molar-refractivity contribution in [2.24, 2.45) is 0 Å². The molecule has 27 heavy (non-hydrogen) atoms. The number of rotatable bonds is 5. The van der Waals surface area contributed by atoms with E-state index < -0.39 is 9.84 Å². The first-order chi connectivity index (χ1) is 13.0. The average molecular weight is 385 g/mol. The zero-order chi connectivity index (χ0) is 19.0. The summed E-state index contributed by atoms with van der Waals surface area (Å²) < 4.78 is 29.4. The molecule has 0 N–H and O–H groups in total. The molecule has 0 spiro atoms. The molecule has 142 valence electrons. The molecule has 0 saturated carbocycles. The number of furan rings is 1. The van der Waals surface area contributed by atoms with E-state index in [0.29, 0.717) is 13.0 Å². The zero-order valence-corrected chi connectivity index (χ0v) is 16.2. The van der Waals surface area contributed by atoms with E-state index in [-0.39, 0.29) is 29.9 Å². The van der Waals surface area contributed by atoms with Crippen LogP contribution in [0.2, 0.25) is 0 Å². The number of hydrogen-bond donors (Lipinski definition) is 0. The molecular formula is C21H23NO4S. The van der Waals surface area contributed by atoms with Gasteiger partial charge in [-0.15, -0.1) is 0 Å². The lowest BCUT2D eigenvalue weighted by atomic mass is 10.0. The highest BCUT2D eigenvalue weighted by Crippen LogP contribution is 2.30. The Morgan fingerprint density at radius 1 is 1.22 bits per heavy atom. The van der Waals surface area contributed by atoms with Crippen LogP contribution in [0.15, 0.2) is 47.1 Å². The SMILES string of the molecule is CCCN(C(=O)Cc1coc2ccc3ccccc3c12)[C@@H]1CCS(=O)(=O)C1. The third-order valence-corrected chi connectivity index (χ3v) is 7.07. The summed E-state index contributed by atoms with van der Waals surface area (Å²) in [5, 5.41) is 3.14. The van der Waals surface area contributed by atoms with Crippen LogP contribution in [0, 0.1) is 0 Å². The average Bonchev–Trinajstić information content (AvgIpc) is 3.22. The maximum absolute atomic E-state index is 13.1. The van der Waals surface area contributed by atoms with E-state index in [1.54, 1.807) is 11.2 Å². The number of benzene rings is 2. The molecule has 1 amide bonds. The minimum Gasteiger partial charge on any atom is -0.464 e. The number of fused-ring (bicyclic) bond motifs is 3. The zero-order valence-electron chi connectivity index (χ0n) is 15.3. The van der Waals surface area contributed by atoms with Crippen LogP contribution in [0.25, 0.3) is 21.7 Å². The van der Waals surface area contributed by atoms with Gasteiger partial charge in [0, 0.05) is 23.5 Å². The van der Waals surface area contributed by atoms with Crippen LogP contribution in [0.4, 0.5) is 0 Å². The number of sulfone groups is 1. The maximum Gasteiger partial charge on any atom is 0.227 e. The van der Waals surface area contributed by atoms with E-state index in [1.807, 2.05) is 43.3 Å². The summed E-state index contributed by atoms with van der Waals surface area (Å²) in [6, 6.07) is 11.8. The van der Waals surface area contributed by atoms with Gasteiger partial charge in [-0.2, -0.15) is 0 Å². The Balaban J connectivity index is 1.66. The minimum absolute atomic E-state index is 0.0328. The minimum atomic E-state index is -3.03.